The van der Waals surface area contributed by atoms with Gasteiger partial charge in [-0.25, -0.2) is 8.42 Å². The minimum absolute atomic E-state index is 0.0856. The predicted molar refractivity (Wildman–Crippen MR) is 73.9 cm³/mol. The average Bonchev–Trinajstić information content (AvgIpc) is 2.83. The fraction of sp³-hybridized carbons (Fsp3) is 0.500. The molecule has 1 aromatic rings. The second-order valence-electron chi connectivity index (χ2n) is 4.50. The van der Waals surface area contributed by atoms with Gasteiger partial charge in [-0.05, 0) is 25.0 Å². The Balaban J connectivity index is 2.12. The molecule has 0 amide bonds. The molecule has 0 atom stereocenters. The third kappa shape index (κ3) is 3.18. The first kappa shape index (κ1) is 14.1. The quantitative estimate of drug-likeness (QED) is 0.928. The van der Waals surface area contributed by atoms with Crippen LogP contribution in [0.15, 0.2) is 23.1 Å². The molecule has 0 unspecified atom stereocenters. The summed E-state index contributed by atoms with van der Waals surface area (Å²) in [6.45, 7) is 0. The lowest BCUT2D eigenvalue weighted by atomic mass is 10.3. The van der Waals surface area contributed by atoms with Gasteiger partial charge >= 0.3 is 0 Å². The first-order valence-corrected chi connectivity index (χ1v) is 8.32. The molecule has 2 rings (SSSR count). The van der Waals surface area contributed by atoms with Gasteiger partial charge in [0.1, 0.15) is 5.88 Å². The molecule has 0 saturated heterocycles. The Labute approximate surface area is 117 Å². The van der Waals surface area contributed by atoms with Crippen LogP contribution >= 0.6 is 23.2 Å². The number of nitrogens with one attached hydrogen (secondary N) is 1. The Kier molecular flexibility index (Phi) is 4.54. The molecule has 0 aromatic heterocycles. The van der Waals surface area contributed by atoms with Crippen molar-refractivity contribution in [1.29, 1.82) is 0 Å². The monoisotopic (exact) mass is 307 g/mol. The summed E-state index contributed by atoms with van der Waals surface area (Å²) in [7, 11) is -3.43. The van der Waals surface area contributed by atoms with Crippen LogP contribution in [0.3, 0.4) is 0 Å². The largest absolute Gasteiger partial charge is 0.301 e. The maximum absolute atomic E-state index is 12.2. The molecule has 0 heterocycles. The summed E-state index contributed by atoms with van der Waals surface area (Å²) in [5, 5.41) is 3.44. The van der Waals surface area contributed by atoms with Gasteiger partial charge in [0.15, 0.2) is 9.84 Å². The Morgan fingerprint density at radius 1 is 1.22 bits per heavy atom. The van der Waals surface area contributed by atoms with Gasteiger partial charge in [0.05, 0.1) is 14.9 Å². The first-order chi connectivity index (χ1) is 8.50. The fourth-order valence-corrected chi connectivity index (χ4v) is 4.15. The second kappa shape index (κ2) is 5.78. The van der Waals surface area contributed by atoms with Crippen LogP contribution in [-0.2, 0) is 9.84 Å². The summed E-state index contributed by atoms with van der Waals surface area (Å²) in [4.78, 5) is 0.0992. The van der Waals surface area contributed by atoms with E-state index < -0.39 is 9.84 Å². The van der Waals surface area contributed by atoms with E-state index in [2.05, 4.69) is 5.32 Å². The highest BCUT2D eigenvalue weighted by Gasteiger charge is 2.22. The molecule has 3 nitrogen and oxygen atoms in total. The number of hydrogen-bond donors (Lipinski definition) is 1. The topological polar surface area (TPSA) is 46.2 Å². The van der Waals surface area contributed by atoms with Crippen LogP contribution in [0.5, 0.6) is 0 Å². The van der Waals surface area contributed by atoms with Gasteiger partial charge in [-0.15, -0.1) is 0 Å². The van der Waals surface area contributed by atoms with Crippen molar-refractivity contribution >= 4 is 33.0 Å². The normalized spacial score (nSPS) is 17.2. The van der Waals surface area contributed by atoms with E-state index in [1.807, 2.05) is 0 Å². The van der Waals surface area contributed by atoms with Crippen molar-refractivity contribution < 1.29 is 8.42 Å². The van der Waals surface area contributed by atoms with Gasteiger partial charge in [0, 0.05) is 6.04 Å². The first-order valence-electron chi connectivity index (χ1n) is 5.91. The molecular weight excluding hydrogens is 293 g/mol. The average molecular weight is 308 g/mol. The predicted octanol–water partition coefficient (Wildman–Crippen LogP) is 3.26. The Bertz CT molecular complexity index is 525. The van der Waals surface area contributed by atoms with E-state index in [4.69, 9.17) is 23.2 Å². The standard InChI is InChI=1S/C12H15Cl2NO2S/c13-10-6-3-7-11(12(10)14)18(16,17)8-15-9-4-1-2-5-9/h3,6-7,9,15H,1-2,4-5,8H2. The smallest absolute Gasteiger partial charge is 0.192 e. The van der Waals surface area contributed by atoms with E-state index in [9.17, 15) is 8.42 Å². The maximum Gasteiger partial charge on any atom is 0.192 e. The summed E-state index contributed by atoms with van der Waals surface area (Å²) in [5.74, 6) is -0.0856. The minimum Gasteiger partial charge on any atom is -0.301 e. The lowest BCUT2D eigenvalue weighted by molar-refractivity contribution is 0.542. The zero-order valence-electron chi connectivity index (χ0n) is 9.83. The van der Waals surface area contributed by atoms with E-state index in [0.717, 1.165) is 25.7 Å². The van der Waals surface area contributed by atoms with Gasteiger partial charge < -0.3 is 5.32 Å². The lowest BCUT2D eigenvalue weighted by Gasteiger charge is -2.13. The second-order valence-corrected chi connectivity index (χ2v) is 7.24. The lowest BCUT2D eigenvalue weighted by Crippen LogP contribution is -2.31. The SMILES string of the molecule is O=S(=O)(CNC1CCCC1)c1cccc(Cl)c1Cl. The third-order valence-corrected chi connectivity index (χ3v) is 5.66. The van der Waals surface area contributed by atoms with Gasteiger partial charge in [-0.3, -0.25) is 0 Å². The number of hydrogen-bond acceptors (Lipinski definition) is 3. The fourth-order valence-electron chi connectivity index (χ4n) is 2.16. The molecule has 6 heteroatoms. The number of rotatable bonds is 4. The Morgan fingerprint density at radius 2 is 1.89 bits per heavy atom. The van der Waals surface area contributed by atoms with E-state index in [-0.39, 0.29) is 20.8 Å². The Morgan fingerprint density at radius 3 is 2.56 bits per heavy atom. The summed E-state index contributed by atoms with van der Waals surface area (Å²) in [6.07, 6.45) is 4.41. The summed E-state index contributed by atoms with van der Waals surface area (Å²) < 4.78 is 24.3. The van der Waals surface area contributed by atoms with Crippen LogP contribution in [-0.4, -0.2) is 20.3 Å². The maximum atomic E-state index is 12.2. The zero-order chi connectivity index (χ0) is 13.2. The Hall–Kier alpha value is -0.290. The van der Waals surface area contributed by atoms with Gasteiger partial charge in [-0.1, -0.05) is 42.1 Å². The van der Waals surface area contributed by atoms with Crippen molar-refractivity contribution in [2.24, 2.45) is 0 Å². The molecular formula is C12H15Cl2NO2S. The molecule has 0 spiro atoms. The number of sulfone groups is 1. The van der Waals surface area contributed by atoms with Crippen LogP contribution in [0.25, 0.3) is 0 Å². The third-order valence-electron chi connectivity index (χ3n) is 3.17. The van der Waals surface area contributed by atoms with Crippen LogP contribution in [0.2, 0.25) is 10.0 Å². The van der Waals surface area contributed by atoms with Crippen molar-refractivity contribution in [3.63, 3.8) is 0 Å². The minimum atomic E-state index is -3.43. The molecule has 100 valence electrons. The van der Waals surface area contributed by atoms with Crippen LogP contribution in [0, 0.1) is 0 Å². The molecule has 1 N–H and O–H groups in total. The molecule has 1 fully saturated rings. The highest BCUT2D eigenvalue weighted by molar-refractivity contribution is 7.91. The summed E-state index contributed by atoms with van der Waals surface area (Å²) in [5.41, 5.74) is 0. The molecule has 1 saturated carbocycles. The van der Waals surface area contributed by atoms with Crippen LogP contribution in [0.4, 0.5) is 0 Å². The van der Waals surface area contributed by atoms with E-state index >= 15 is 0 Å². The molecule has 0 aliphatic heterocycles. The molecule has 0 radical (unpaired) electrons. The summed E-state index contributed by atoms with van der Waals surface area (Å²) >= 11 is 11.8. The van der Waals surface area contributed by atoms with Crippen LogP contribution < -0.4 is 5.32 Å². The van der Waals surface area contributed by atoms with Gasteiger partial charge in [0.25, 0.3) is 0 Å². The summed E-state index contributed by atoms with van der Waals surface area (Å²) in [6, 6.07) is 4.96. The molecule has 18 heavy (non-hydrogen) atoms. The van der Waals surface area contributed by atoms with Crippen molar-refractivity contribution in [3.05, 3.63) is 28.2 Å². The van der Waals surface area contributed by atoms with Crippen LogP contribution in [0.1, 0.15) is 25.7 Å². The molecule has 1 aromatic carbocycles. The van der Waals surface area contributed by atoms with Crippen molar-refractivity contribution in [1.82, 2.24) is 5.32 Å². The van der Waals surface area contributed by atoms with Gasteiger partial charge in [-0.2, -0.15) is 0 Å². The van der Waals surface area contributed by atoms with E-state index in [1.54, 1.807) is 12.1 Å². The number of halogens is 2. The number of benzene rings is 1. The molecule has 1 aliphatic rings. The van der Waals surface area contributed by atoms with Gasteiger partial charge in [0.2, 0.25) is 0 Å². The van der Waals surface area contributed by atoms with Crippen molar-refractivity contribution in [2.75, 3.05) is 5.88 Å². The molecule has 1 aliphatic carbocycles. The van der Waals surface area contributed by atoms with E-state index in [0.29, 0.717) is 6.04 Å². The highest BCUT2D eigenvalue weighted by atomic mass is 35.5. The van der Waals surface area contributed by atoms with Crippen molar-refractivity contribution in [3.8, 4) is 0 Å². The van der Waals surface area contributed by atoms with Crippen molar-refractivity contribution in [2.45, 2.75) is 36.6 Å². The highest BCUT2D eigenvalue weighted by Crippen LogP contribution is 2.29. The zero-order valence-corrected chi connectivity index (χ0v) is 12.2. The molecule has 0 bridgehead atoms. The van der Waals surface area contributed by atoms with E-state index in [1.165, 1.54) is 6.07 Å².